The van der Waals surface area contributed by atoms with Gasteiger partial charge in [-0.3, -0.25) is 4.79 Å². The Labute approximate surface area is 187 Å². The van der Waals surface area contributed by atoms with Crippen LogP contribution in [0.2, 0.25) is 0 Å². The van der Waals surface area contributed by atoms with Crippen molar-refractivity contribution in [2.45, 2.75) is 19.3 Å². The molecule has 1 aliphatic rings. The molecule has 1 saturated heterocycles. The average molecular weight is 427 g/mol. The van der Waals surface area contributed by atoms with Crippen molar-refractivity contribution in [3.05, 3.63) is 82.6 Å². The van der Waals surface area contributed by atoms with E-state index in [9.17, 15) is 4.79 Å². The largest absolute Gasteiger partial charge is 0.496 e. The number of hydrogen-bond acceptors (Lipinski definition) is 5. The number of fused-ring (bicyclic) bond motifs is 1. The van der Waals surface area contributed by atoms with Crippen LogP contribution in [0.1, 0.15) is 18.4 Å². The molecule has 0 unspecified atom stereocenters. The molecule has 0 radical (unpaired) electrons. The molecule has 2 heterocycles. The van der Waals surface area contributed by atoms with Crippen LogP contribution in [0.3, 0.4) is 0 Å². The fourth-order valence-electron chi connectivity index (χ4n) is 4.38. The predicted octanol–water partition coefficient (Wildman–Crippen LogP) is 4.09. The highest BCUT2D eigenvalue weighted by molar-refractivity contribution is 5.83. The van der Waals surface area contributed by atoms with E-state index in [0.29, 0.717) is 16.6 Å². The molecule has 5 rings (SSSR count). The SMILES string of the molecule is COc1cc(-n2nnc3cc(-c4ccccc4)ccc3c2=O)ccc1CCN1CCCC1. The molecule has 1 aromatic heterocycles. The van der Waals surface area contributed by atoms with Crippen LogP contribution in [0.15, 0.2) is 71.5 Å². The molecular weight excluding hydrogens is 400 g/mol. The zero-order valence-corrected chi connectivity index (χ0v) is 18.2. The van der Waals surface area contributed by atoms with E-state index < -0.39 is 0 Å². The van der Waals surface area contributed by atoms with Crippen LogP contribution in [0.25, 0.3) is 27.7 Å². The van der Waals surface area contributed by atoms with E-state index in [1.165, 1.54) is 30.6 Å². The van der Waals surface area contributed by atoms with Crippen molar-refractivity contribution < 1.29 is 4.74 Å². The monoisotopic (exact) mass is 426 g/mol. The van der Waals surface area contributed by atoms with Crippen LogP contribution in [-0.2, 0) is 6.42 Å². The molecular formula is C26H26N4O2. The summed E-state index contributed by atoms with van der Waals surface area (Å²) in [7, 11) is 1.67. The molecule has 162 valence electrons. The smallest absolute Gasteiger partial charge is 0.282 e. The number of nitrogens with zero attached hydrogens (tertiary/aromatic N) is 4. The Morgan fingerprint density at radius 1 is 0.938 bits per heavy atom. The van der Waals surface area contributed by atoms with Crippen molar-refractivity contribution in [2.24, 2.45) is 0 Å². The number of likely N-dealkylation sites (tertiary alicyclic amines) is 1. The van der Waals surface area contributed by atoms with E-state index >= 15 is 0 Å². The summed E-state index contributed by atoms with van der Waals surface area (Å²) in [6.07, 6.45) is 3.49. The van der Waals surface area contributed by atoms with Crippen molar-refractivity contribution in [2.75, 3.05) is 26.7 Å². The van der Waals surface area contributed by atoms with E-state index in [4.69, 9.17) is 4.74 Å². The summed E-state index contributed by atoms with van der Waals surface area (Å²) >= 11 is 0. The second-order valence-corrected chi connectivity index (χ2v) is 8.20. The lowest BCUT2D eigenvalue weighted by Crippen LogP contribution is -2.23. The van der Waals surface area contributed by atoms with Crippen molar-refractivity contribution in [1.82, 2.24) is 19.9 Å². The zero-order chi connectivity index (χ0) is 21.9. The summed E-state index contributed by atoms with van der Waals surface area (Å²) < 4.78 is 6.98. The Bertz CT molecular complexity index is 1290. The molecule has 0 amide bonds. The number of benzene rings is 3. The fraction of sp³-hybridized carbons (Fsp3) is 0.269. The van der Waals surface area contributed by atoms with Gasteiger partial charge in [-0.15, -0.1) is 5.10 Å². The predicted molar refractivity (Wildman–Crippen MR) is 127 cm³/mol. The lowest BCUT2D eigenvalue weighted by atomic mass is 10.0. The molecule has 0 atom stereocenters. The molecule has 0 bridgehead atoms. The minimum atomic E-state index is -0.193. The third-order valence-electron chi connectivity index (χ3n) is 6.18. The summed E-state index contributed by atoms with van der Waals surface area (Å²) in [5.41, 5.74) is 4.27. The summed E-state index contributed by atoms with van der Waals surface area (Å²) in [4.78, 5) is 15.7. The molecule has 1 aliphatic heterocycles. The van der Waals surface area contributed by atoms with Crippen molar-refractivity contribution in [3.8, 4) is 22.6 Å². The van der Waals surface area contributed by atoms with E-state index in [2.05, 4.69) is 15.2 Å². The van der Waals surface area contributed by atoms with Crippen LogP contribution in [-0.4, -0.2) is 46.6 Å². The second kappa shape index (κ2) is 8.93. The molecule has 0 aliphatic carbocycles. The van der Waals surface area contributed by atoms with Crippen LogP contribution in [0, 0.1) is 0 Å². The average Bonchev–Trinajstić information content (AvgIpc) is 3.37. The van der Waals surface area contributed by atoms with Crippen molar-refractivity contribution in [1.29, 1.82) is 0 Å². The Kier molecular flexibility index (Phi) is 5.69. The molecule has 6 heteroatoms. The normalized spacial score (nSPS) is 14.2. The Balaban J connectivity index is 1.45. The van der Waals surface area contributed by atoms with Gasteiger partial charge in [0.2, 0.25) is 0 Å². The maximum atomic E-state index is 13.2. The molecule has 6 nitrogen and oxygen atoms in total. The van der Waals surface area contributed by atoms with E-state index in [1.807, 2.05) is 66.7 Å². The zero-order valence-electron chi connectivity index (χ0n) is 18.2. The van der Waals surface area contributed by atoms with Gasteiger partial charge in [0.25, 0.3) is 5.56 Å². The molecule has 0 spiro atoms. The summed E-state index contributed by atoms with van der Waals surface area (Å²) in [6, 6.07) is 21.5. The minimum absolute atomic E-state index is 0.193. The van der Waals surface area contributed by atoms with Gasteiger partial charge in [0.05, 0.1) is 18.2 Å². The number of methoxy groups -OCH3 is 1. The Morgan fingerprint density at radius 3 is 2.53 bits per heavy atom. The maximum absolute atomic E-state index is 13.2. The molecule has 1 fully saturated rings. The quantitative estimate of drug-likeness (QED) is 0.465. The van der Waals surface area contributed by atoms with Gasteiger partial charge in [0.1, 0.15) is 11.3 Å². The van der Waals surface area contributed by atoms with Gasteiger partial charge in [-0.25, -0.2) is 0 Å². The highest BCUT2D eigenvalue weighted by Crippen LogP contribution is 2.24. The summed E-state index contributed by atoms with van der Waals surface area (Å²) in [5, 5.41) is 9.09. The fourth-order valence-corrected chi connectivity index (χ4v) is 4.38. The van der Waals surface area contributed by atoms with Crippen LogP contribution >= 0.6 is 0 Å². The van der Waals surface area contributed by atoms with E-state index in [1.54, 1.807) is 7.11 Å². The third-order valence-corrected chi connectivity index (χ3v) is 6.18. The summed E-state index contributed by atoms with van der Waals surface area (Å²) in [5.74, 6) is 0.773. The van der Waals surface area contributed by atoms with Crippen molar-refractivity contribution >= 4 is 10.9 Å². The first-order chi connectivity index (χ1) is 15.7. The second-order valence-electron chi connectivity index (χ2n) is 8.20. The van der Waals surface area contributed by atoms with Gasteiger partial charge < -0.3 is 9.64 Å². The van der Waals surface area contributed by atoms with Gasteiger partial charge in [-0.2, -0.15) is 4.68 Å². The first-order valence-electron chi connectivity index (χ1n) is 11.1. The third kappa shape index (κ3) is 4.01. The highest BCUT2D eigenvalue weighted by atomic mass is 16.5. The number of hydrogen-bond donors (Lipinski definition) is 0. The van der Waals surface area contributed by atoms with Gasteiger partial charge in [0, 0.05) is 12.6 Å². The number of rotatable bonds is 6. The van der Waals surface area contributed by atoms with Crippen LogP contribution in [0.5, 0.6) is 5.75 Å². The van der Waals surface area contributed by atoms with Gasteiger partial charge in [0.15, 0.2) is 0 Å². The molecule has 3 aromatic carbocycles. The lowest BCUT2D eigenvalue weighted by Gasteiger charge is -2.16. The van der Waals surface area contributed by atoms with Crippen LogP contribution in [0.4, 0.5) is 0 Å². The number of ether oxygens (including phenoxy) is 1. The highest BCUT2D eigenvalue weighted by Gasteiger charge is 2.14. The molecule has 0 saturated carbocycles. The molecule has 32 heavy (non-hydrogen) atoms. The van der Waals surface area contributed by atoms with Crippen molar-refractivity contribution in [3.63, 3.8) is 0 Å². The van der Waals surface area contributed by atoms with Gasteiger partial charge >= 0.3 is 0 Å². The lowest BCUT2D eigenvalue weighted by molar-refractivity contribution is 0.339. The molecule has 4 aromatic rings. The van der Waals surface area contributed by atoms with E-state index in [-0.39, 0.29) is 5.56 Å². The topological polar surface area (TPSA) is 60.2 Å². The van der Waals surface area contributed by atoms with E-state index in [0.717, 1.165) is 35.4 Å². The Morgan fingerprint density at radius 2 is 1.75 bits per heavy atom. The maximum Gasteiger partial charge on any atom is 0.282 e. The first-order valence-corrected chi connectivity index (χ1v) is 11.1. The van der Waals surface area contributed by atoms with Gasteiger partial charge in [-0.1, -0.05) is 47.7 Å². The summed E-state index contributed by atoms with van der Waals surface area (Å²) in [6.45, 7) is 3.37. The van der Waals surface area contributed by atoms with Crippen LogP contribution < -0.4 is 10.3 Å². The Hall–Kier alpha value is -3.51. The molecule has 0 N–H and O–H groups in total. The number of aromatic nitrogens is 3. The van der Waals surface area contributed by atoms with Gasteiger partial charge in [-0.05, 0) is 67.2 Å². The minimum Gasteiger partial charge on any atom is -0.496 e. The standard InChI is InChI=1S/C26H26N4O2/c1-32-25-18-22(11-9-20(25)13-16-29-14-5-6-15-29)30-26(31)23-12-10-21(17-24(23)27-28-30)19-7-3-2-4-8-19/h2-4,7-12,17-18H,5-6,13-16H2,1H3. The first kappa shape index (κ1) is 20.4.